The third kappa shape index (κ3) is 0.700. The van der Waals surface area contributed by atoms with E-state index in [4.69, 9.17) is 5.73 Å². The zero-order chi connectivity index (χ0) is 6.65. The van der Waals surface area contributed by atoms with Crippen LogP contribution in [-0.2, 0) is 0 Å². The van der Waals surface area contributed by atoms with Gasteiger partial charge in [-0.05, 0) is 0 Å². The SMILES string of the molecule is C[N+]1(C)CC2C(N)C2C1. The molecule has 2 heteroatoms. The zero-order valence-corrected chi connectivity index (χ0v) is 6.17. The second-order valence-corrected chi connectivity index (χ2v) is 4.21. The molecule has 52 valence electrons. The fraction of sp³-hybridized carbons (Fsp3) is 1.00. The first-order chi connectivity index (χ1) is 4.10. The molecule has 0 aromatic rings. The number of nitrogens with zero attached hydrogens (tertiary/aromatic N) is 1. The monoisotopic (exact) mass is 127 g/mol. The molecule has 2 nitrogen and oxygen atoms in total. The van der Waals surface area contributed by atoms with Crippen molar-refractivity contribution in [3.8, 4) is 0 Å². The summed E-state index contributed by atoms with van der Waals surface area (Å²) in [5.74, 6) is 1.75. The Kier molecular flexibility index (Phi) is 0.837. The first kappa shape index (κ1) is 5.69. The predicted octanol–water partition coefficient (Wildman–Crippen LogP) is -0.350. The normalized spacial score (nSPS) is 53.0. The molecule has 1 saturated heterocycles. The lowest BCUT2D eigenvalue weighted by atomic mass is 10.4. The maximum absolute atomic E-state index is 5.78. The second-order valence-electron chi connectivity index (χ2n) is 4.21. The second kappa shape index (κ2) is 1.32. The van der Waals surface area contributed by atoms with Gasteiger partial charge in [-0.1, -0.05) is 0 Å². The Morgan fingerprint density at radius 3 is 2.00 bits per heavy atom. The van der Waals surface area contributed by atoms with Crippen LogP contribution in [0.25, 0.3) is 0 Å². The maximum atomic E-state index is 5.78. The summed E-state index contributed by atoms with van der Waals surface area (Å²) in [6.07, 6.45) is 0. The van der Waals surface area contributed by atoms with Crippen molar-refractivity contribution in [1.29, 1.82) is 0 Å². The summed E-state index contributed by atoms with van der Waals surface area (Å²) in [5, 5.41) is 0. The van der Waals surface area contributed by atoms with Crippen LogP contribution in [0.2, 0.25) is 0 Å². The summed E-state index contributed by atoms with van der Waals surface area (Å²) in [7, 11) is 4.58. The van der Waals surface area contributed by atoms with Gasteiger partial charge < -0.3 is 10.2 Å². The van der Waals surface area contributed by atoms with Crippen LogP contribution >= 0.6 is 0 Å². The number of quaternary nitrogens is 1. The molecule has 0 spiro atoms. The molecule has 1 aliphatic carbocycles. The molecule has 1 aliphatic heterocycles. The molecule has 2 rings (SSSR count). The third-order valence-electron chi connectivity index (χ3n) is 2.81. The van der Waals surface area contributed by atoms with Crippen LogP contribution in [0.3, 0.4) is 0 Å². The summed E-state index contributed by atoms with van der Waals surface area (Å²) in [4.78, 5) is 0. The number of rotatable bonds is 0. The highest BCUT2D eigenvalue weighted by molar-refractivity contribution is 5.03. The Morgan fingerprint density at radius 2 is 1.67 bits per heavy atom. The first-order valence-corrected chi connectivity index (χ1v) is 3.68. The van der Waals surface area contributed by atoms with Gasteiger partial charge in [0.25, 0.3) is 0 Å². The molecule has 2 atom stereocenters. The van der Waals surface area contributed by atoms with Crippen LogP contribution in [0.1, 0.15) is 0 Å². The highest BCUT2D eigenvalue weighted by atomic mass is 15.4. The Balaban J connectivity index is 2.04. The van der Waals surface area contributed by atoms with Crippen LogP contribution in [0.5, 0.6) is 0 Å². The van der Waals surface area contributed by atoms with Crippen LogP contribution in [0.15, 0.2) is 0 Å². The van der Waals surface area contributed by atoms with Gasteiger partial charge in [0.1, 0.15) is 0 Å². The van der Waals surface area contributed by atoms with Gasteiger partial charge in [0, 0.05) is 17.9 Å². The van der Waals surface area contributed by atoms with E-state index in [1.165, 1.54) is 17.6 Å². The van der Waals surface area contributed by atoms with Gasteiger partial charge in [-0.15, -0.1) is 0 Å². The van der Waals surface area contributed by atoms with E-state index < -0.39 is 0 Å². The van der Waals surface area contributed by atoms with Crippen molar-refractivity contribution in [2.24, 2.45) is 17.6 Å². The van der Waals surface area contributed by atoms with Crippen molar-refractivity contribution in [2.75, 3.05) is 27.2 Å². The molecule has 0 amide bonds. The standard InChI is InChI=1S/C7H15N2/c1-9(2)3-5-6(4-9)7(5)8/h5-7H,3-4,8H2,1-2H3/q+1. The van der Waals surface area contributed by atoms with E-state index in [2.05, 4.69) is 14.1 Å². The predicted molar refractivity (Wildman–Crippen MR) is 36.8 cm³/mol. The minimum absolute atomic E-state index is 0.566. The van der Waals surface area contributed by atoms with E-state index in [1.54, 1.807) is 0 Å². The lowest BCUT2D eigenvalue weighted by molar-refractivity contribution is -0.883. The number of hydrogen-bond acceptors (Lipinski definition) is 1. The molecule has 2 aliphatic rings. The van der Waals surface area contributed by atoms with Crippen LogP contribution < -0.4 is 5.73 Å². The number of nitrogens with two attached hydrogens (primary N) is 1. The molecule has 0 aromatic heterocycles. The number of likely N-dealkylation sites (tertiary alicyclic amines) is 1. The van der Waals surface area contributed by atoms with E-state index in [0.29, 0.717) is 6.04 Å². The lowest BCUT2D eigenvalue weighted by Gasteiger charge is -2.25. The van der Waals surface area contributed by atoms with Gasteiger partial charge in [0.05, 0.1) is 27.2 Å². The first-order valence-electron chi connectivity index (χ1n) is 3.68. The molecule has 1 heterocycles. The highest BCUT2D eigenvalue weighted by Gasteiger charge is 2.58. The molecular formula is C7H15N2+. The van der Waals surface area contributed by atoms with Gasteiger partial charge in [-0.2, -0.15) is 0 Å². The summed E-state index contributed by atoms with van der Waals surface area (Å²) in [6.45, 7) is 2.62. The third-order valence-corrected chi connectivity index (χ3v) is 2.81. The summed E-state index contributed by atoms with van der Waals surface area (Å²) < 4.78 is 1.20. The van der Waals surface area contributed by atoms with Crippen molar-refractivity contribution in [2.45, 2.75) is 6.04 Å². The van der Waals surface area contributed by atoms with Gasteiger partial charge >= 0.3 is 0 Å². The molecule has 2 N–H and O–H groups in total. The maximum Gasteiger partial charge on any atom is 0.0831 e. The van der Waals surface area contributed by atoms with Gasteiger partial charge in [-0.25, -0.2) is 0 Å². The largest absolute Gasteiger partial charge is 0.328 e. The fourth-order valence-electron chi connectivity index (χ4n) is 2.20. The Labute approximate surface area is 56.2 Å². The van der Waals surface area contributed by atoms with E-state index >= 15 is 0 Å². The van der Waals surface area contributed by atoms with Crippen molar-refractivity contribution in [3.05, 3.63) is 0 Å². The molecule has 2 unspecified atom stereocenters. The average molecular weight is 127 g/mol. The quantitative estimate of drug-likeness (QED) is 0.442. The number of piperidine rings is 1. The Hall–Kier alpha value is -0.0800. The van der Waals surface area contributed by atoms with Crippen molar-refractivity contribution in [1.82, 2.24) is 0 Å². The number of hydrogen-bond donors (Lipinski definition) is 1. The minimum atomic E-state index is 0.566. The van der Waals surface area contributed by atoms with E-state index in [9.17, 15) is 0 Å². The fourth-order valence-corrected chi connectivity index (χ4v) is 2.20. The van der Waals surface area contributed by atoms with Crippen molar-refractivity contribution in [3.63, 3.8) is 0 Å². The summed E-state index contributed by atoms with van der Waals surface area (Å²) in [5.41, 5.74) is 5.78. The van der Waals surface area contributed by atoms with E-state index in [0.717, 1.165) is 11.8 Å². The lowest BCUT2D eigenvalue weighted by Crippen LogP contribution is -2.41. The van der Waals surface area contributed by atoms with Crippen LogP contribution in [-0.4, -0.2) is 37.7 Å². The average Bonchev–Trinajstić information content (AvgIpc) is 2.26. The molecule has 0 radical (unpaired) electrons. The van der Waals surface area contributed by atoms with Crippen molar-refractivity contribution >= 4 is 0 Å². The molecule has 1 saturated carbocycles. The molecule has 2 fully saturated rings. The highest BCUT2D eigenvalue weighted by Crippen LogP contribution is 2.45. The zero-order valence-electron chi connectivity index (χ0n) is 6.17. The van der Waals surface area contributed by atoms with Crippen molar-refractivity contribution < 1.29 is 4.48 Å². The Morgan fingerprint density at radius 1 is 1.22 bits per heavy atom. The molecule has 0 bridgehead atoms. The van der Waals surface area contributed by atoms with Crippen LogP contribution in [0.4, 0.5) is 0 Å². The minimum Gasteiger partial charge on any atom is -0.328 e. The van der Waals surface area contributed by atoms with E-state index in [1.807, 2.05) is 0 Å². The Bertz CT molecular complexity index is 128. The van der Waals surface area contributed by atoms with Gasteiger partial charge in [-0.3, -0.25) is 0 Å². The van der Waals surface area contributed by atoms with Gasteiger partial charge in [0.15, 0.2) is 0 Å². The molecule has 0 aromatic carbocycles. The topological polar surface area (TPSA) is 26.0 Å². The molecule has 9 heavy (non-hydrogen) atoms. The van der Waals surface area contributed by atoms with Crippen LogP contribution in [0, 0.1) is 11.8 Å². The molecular weight excluding hydrogens is 112 g/mol. The smallest absolute Gasteiger partial charge is 0.0831 e. The summed E-state index contributed by atoms with van der Waals surface area (Å²) >= 11 is 0. The number of fused-ring (bicyclic) bond motifs is 1. The van der Waals surface area contributed by atoms with Gasteiger partial charge in [0.2, 0.25) is 0 Å². The van der Waals surface area contributed by atoms with E-state index in [-0.39, 0.29) is 0 Å². The summed E-state index contributed by atoms with van der Waals surface area (Å²) in [6, 6.07) is 0.566.